The highest BCUT2D eigenvalue weighted by Crippen LogP contribution is 2.43. The molecule has 0 aliphatic carbocycles. The molecule has 0 aromatic heterocycles. The number of carbonyl (C=O) groups is 2. The molecule has 0 bridgehead atoms. The Morgan fingerprint density at radius 2 is 1.00 bits per heavy atom. The van der Waals surface area contributed by atoms with Crippen molar-refractivity contribution in [1.82, 2.24) is 0 Å². The van der Waals surface area contributed by atoms with Gasteiger partial charge in [0.2, 0.25) is 0 Å². The molecule has 0 spiro atoms. The van der Waals surface area contributed by atoms with Gasteiger partial charge in [-0.25, -0.2) is 4.57 Å². The lowest BCUT2D eigenvalue weighted by molar-refractivity contribution is -0.161. The van der Waals surface area contributed by atoms with Crippen LogP contribution in [0.15, 0.2) is 12.2 Å². The van der Waals surface area contributed by atoms with Gasteiger partial charge in [-0.3, -0.25) is 18.6 Å². The first-order chi connectivity index (χ1) is 23.7. The van der Waals surface area contributed by atoms with Gasteiger partial charge < -0.3 is 24.6 Å². The first-order valence-electron chi connectivity index (χ1n) is 19.6. The lowest BCUT2D eigenvalue weighted by atomic mass is 10.0. The van der Waals surface area contributed by atoms with E-state index in [4.69, 9.17) is 19.1 Å². The van der Waals surface area contributed by atoms with Crippen LogP contribution in [-0.4, -0.2) is 65.7 Å². The maximum absolute atomic E-state index is 12.5. The number of hydrogen-bond donors (Lipinski definition) is 3. The van der Waals surface area contributed by atoms with Crippen LogP contribution in [0.1, 0.15) is 181 Å². The van der Waals surface area contributed by atoms with Crippen LogP contribution in [0, 0.1) is 0 Å². The molecule has 0 aromatic carbocycles. The third-order valence-electron chi connectivity index (χ3n) is 8.42. The fourth-order valence-corrected chi connectivity index (χ4v) is 6.13. The number of allylic oxidation sites excluding steroid dienone is 2. The summed E-state index contributed by atoms with van der Waals surface area (Å²) in [6.07, 6.45) is 30.4. The molecule has 0 radical (unpaired) electrons. The minimum atomic E-state index is -4.61. The smallest absolute Gasteiger partial charge is 0.462 e. The number of unbranched alkanes of at least 4 members (excludes halogenated alkanes) is 21. The third kappa shape index (κ3) is 34.9. The number of phosphoric acid groups is 1. The normalized spacial score (nSPS) is 14.1. The molecule has 10 nitrogen and oxygen atoms in total. The minimum absolute atomic E-state index is 0.177. The SMILES string of the molecule is CCCCC/C=C\CCCCCCCC(=O)OC(COC(=O)CCCCCCCCCCCCCCCC)COP(=O)(O)OCC(O)CO. The van der Waals surface area contributed by atoms with Crippen molar-refractivity contribution in [2.24, 2.45) is 0 Å². The zero-order valence-corrected chi connectivity index (χ0v) is 32.1. The van der Waals surface area contributed by atoms with Gasteiger partial charge >= 0.3 is 19.8 Å². The molecule has 49 heavy (non-hydrogen) atoms. The van der Waals surface area contributed by atoms with Gasteiger partial charge in [0.1, 0.15) is 12.7 Å². The zero-order valence-electron chi connectivity index (χ0n) is 31.2. The second-order valence-corrected chi connectivity index (χ2v) is 14.8. The molecule has 3 unspecified atom stereocenters. The van der Waals surface area contributed by atoms with E-state index in [1.54, 1.807) is 0 Å². The van der Waals surface area contributed by atoms with Crippen molar-refractivity contribution >= 4 is 19.8 Å². The van der Waals surface area contributed by atoms with E-state index < -0.39 is 51.8 Å². The number of rotatable bonds is 37. The van der Waals surface area contributed by atoms with Crippen molar-refractivity contribution in [2.45, 2.75) is 193 Å². The van der Waals surface area contributed by atoms with E-state index in [-0.39, 0.29) is 19.4 Å². The predicted molar refractivity (Wildman–Crippen MR) is 196 cm³/mol. The van der Waals surface area contributed by atoms with Gasteiger partial charge in [-0.1, -0.05) is 142 Å². The number of aliphatic hydroxyl groups is 2. The molecule has 0 rings (SSSR count). The summed E-state index contributed by atoms with van der Waals surface area (Å²) in [5.41, 5.74) is 0. The number of aliphatic hydroxyl groups excluding tert-OH is 2. The van der Waals surface area contributed by atoms with Gasteiger partial charge in [-0.15, -0.1) is 0 Å². The Balaban J connectivity index is 4.34. The summed E-state index contributed by atoms with van der Waals surface area (Å²) in [5, 5.41) is 18.3. The average Bonchev–Trinajstić information content (AvgIpc) is 3.09. The lowest BCUT2D eigenvalue weighted by Gasteiger charge is -2.20. The maximum Gasteiger partial charge on any atom is 0.472 e. The molecule has 0 amide bonds. The van der Waals surface area contributed by atoms with Gasteiger partial charge in [-0.05, 0) is 38.5 Å². The number of phosphoric ester groups is 1. The first kappa shape index (κ1) is 47.7. The molecule has 0 saturated carbocycles. The molecule has 290 valence electrons. The Hall–Kier alpha value is -1.29. The monoisotopic (exact) mass is 720 g/mol. The van der Waals surface area contributed by atoms with Crippen molar-refractivity contribution in [1.29, 1.82) is 0 Å². The van der Waals surface area contributed by atoms with E-state index >= 15 is 0 Å². The highest BCUT2D eigenvalue weighted by molar-refractivity contribution is 7.47. The third-order valence-corrected chi connectivity index (χ3v) is 9.37. The Bertz CT molecular complexity index is 837. The van der Waals surface area contributed by atoms with E-state index in [1.165, 1.54) is 83.5 Å². The van der Waals surface area contributed by atoms with Gasteiger partial charge in [-0.2, -0.15) is 0 Å². The summed E-state index contributed by atoms with van der Waals surface area (Å²) in [5.74, 6) is -0.929. The van der Waals surface area contributed by atoms with Crippen LogP contribution in [0.25, 0.3) is 0 Å². The average molecular weight is 721 g/mol. The van der Waals surface area contributed by atoms with Crippen LogP contribution in [-0.2, 0) is 32.7 Å². The van der Waals surface area contributed by atoms with Crippen molar-refractivity contribution in [3.63, 3.8) is 0 Å². The summed E-state index contributed by atoms with van der Waals surface area (Å²) in [6.45, 7) is 2.34. The zero-order chi connectivity index (χ0) is 36.3. The Morgan fingerprint density at radius 1 is 0.592 bits per heavy atom. The summed E-state index contributed by atoms with van der Waals surface area (Å²) in [4.78, 5) is 34.8. The van der Waals surface area contributed by atoms with Gasteiger partial charge in [0.25, 0.3) is 0 Å². The van der Waals surface area contributed by atoms with Crippen molar-refractivity contribution < 1.29 is 47.8 Å². The molecule has 3 N–H and O–H groups in total. The summed E-state index contributed by atoms with van der Waals surface area (Å²) < 4.78 is 32.6. The lowest BCUT2D eigenvalue weighted by Crippen LogP contribution is -2.29. The molecule has 0 aliphatic rings. The highest BCUT2D eigenvalue weighted by Gasteiger charge is 2.27. The molecule has 0 saturated heterocycles. The summed E-state index contributed by atoms with van der Waals surface area (Å²) in [7, 11) is -4.61. The Kier molecular flexibility index (Phi) is 34.2. The van der Waals surface area contributed by atoms with Crippen LogP contribution >= 0.6 is 7.82 Å². The first-order valence-corrected chi connectivity index (χ1v) is 21.1. The van der Waals surface area contributed by atoms with Crippen molar-refractivity contribution in [3.8, 4) is 0 Å². The summed E-state index contributed by atoms with van der Waals surface area (Å²) >= 11 is 0. The van der Waals surface area contributed by atoms with E-state index in [0.29, 0.717) is 12.8 Å². The quantitative estimate of drug-likeness (QED) is 0.0245. The van der Waals surface area contributed by atoms with Gasteiger partial charge in [0.05, 0.1) is 19.8 Å². The van der Waals surface area contributed by atoms with Crippen molar-refractivity contribution in [2.75, 3.05) is 26.4 Å². The number of ether oxygens (including phenoxy) is 2. The molecule has 0 heterocycles. The Labute approximate surface area is 298 Å². The molecule has 11 heteroatoms. The van der Waals surface area contributed by atoms with E-state index in [0.717, 1.165) is 57.8 Å². The Morgan fingerprint density at radius 3 is 1.51 bits per heavy atom. The fraction of sp³-hybridized carbons (Fsp3) is 0.895. The highest BCUT2D eigenvalue weighted by atomic mass is 31.2. The molecule has 3 atom stereocenters. The van der Waals surface area contributed by atoms with Crippen LogP contribution in [0.5, 0.6) is 0 Å². The van der Waals surface area contributed by atoms with E-state index in [9.17, 15) is 24.2 Å². The van der Waals surface area contributed by atoms with Crippen LogP contribution in [0.2, 0.25) is 0 Å². The second kappa shape index (κ2) is 35.1. The molecular formula is C38H73O10P. The van der Waals surface area contributed by atoms with Crippen LogP contribution in [0.3, 0.4) is 0 Å². The minimum Gasteiger partial charge on any atom is -0.462 e. The molecule has 0 fully saturated rings. The molecule has 0 aromatic rings. The summed E-state index contributed by atoms with van der Waals surface area (Å²) in [6, 6.07) is 0. The predicted octanol–water partition coefficient (Wildman–Crippen LogP) is 9.67. The van der Waals surface area contributed by atoms with Crippen LogP contribution < -0.4 is 0 Å². The van der Waals surface area contributed by atoms with Gasteiger partial charge in [0.15, 0.2) is 6.10 Å². The van der Waals surface area contributed by atoms with E-state index in [2.05, 4.69) is 30.5 Å². The fourth-order valence-electron chi connectivity index (χ4n) is 5.34. The van der Waals surface area contributed by atoms with E-state index in [1.807, 2.05) is 0 Å². The van der Waals surface area contributed by atoms with Gasteiger partial charge in [0, 0.05) is 12.8 Å². The second-order valence-electron chi connectivity index (χ2n) is 13.3. The largest absolute Gasteiger partial charge is 0.472 e. The maximum atomic E-state index is 12.5. The number of carbonyl (C=O) groups excluding carboxylic acids is 2. The molecular weight excluding hydrogens is 647 g/mol. The number of esters is 2. The number of hydrogen-bond acceptors (Lipinski definition) is 9. The molecule has 0 aliphatic heterocycles. The standard InChI is InChI=1S/C38H73O10P/c1-3-5-7-9-11-13-15-17-18-20-21-23-25-27-29-37(41)45-33-36(34-47-49(43,44)46-32-35(40)31-39)48-38(42)30-28-26-24-22-19-16-14-12-10-8-6-4-2/h12,14,35-36,39-40H,3-11,13,15-34H2,1-2H3,(H,43,44)/b14-12-. The van der Waals surface area contributed by atoms with Crippen molar-refractivity contribution in [3.05, 3.63) is 12.2 Å². The van der Waals surface area contributed by atoms with Crippen LogP contribution in [0.4, 0.5) is 0 Å². The topological polar surface area (TPSA) is 149 Å².